The van der Waals surface area contributed by atoms with Crippen molar-refractivity contribution in [3.63, 3.8) is 0 Å². The molecule has 0 aliphatic carbocycles. The van der Waals surface area contributed by atoms with E-state index in [2.05, 4.69) is 37.1 Å². The van der Waals surface area contributed by atoms with E-state index in [9.17, 15) is 0 Å². The number of piperidine rings is 1. The van der Waals surface area contributed by atoms with Crippen LogP contribution >= 0.6 is 22.9 Å². The summed E-state index contributed by atoms with van der Waals surface area (Å²) in [6, 6.07) is 4.66. The molecule has 0 spiro atoms. The highest BCUT2D eigenvalue weighted by molar-refractivity contribution is 7.16. The summed E-state index contributed by atoms with van der Waals surface area (Å²) in [5, 5.41) is 3.70. The molecule has 1 unspecified atom stereocenters. The van der Waals surface area contributed by atoms with E-state index in [0.717, 1.165) is 17.3 Å². The molecule has 1 aliphatic heterocycles. The number of likely N-dealkylation sites (tertiary alicyclic amines) is 1. The smallest absolute Gasteiger partial charge is 0.0931 e. The van der Waals surface area contributed by atoms with Crippen LogP contribution in [-0.2, 0) is 6.42 Å². The van der Waals surface area contributed by atoms with Crippen molar-refractivity contribution in [2.24, 2.45) is 0 Å². The zero-order valence-corrected chi connectivity index (χ0v) is 14.5. The maximum absolute atomic E-state index is 6.07. The first-order valence-corrected chi connectivity index (χ1v) is 8.96. The molecule has 0 saturated carbocycles. The second-order valence-corrected chi connectivity index (χ2v) is 8.02. The Hall–Kier alpha value is -0.0900. The first-order chi connectivity index (χ1) is 9.54. The highest BCUT2D eigenvalue weighted by Gasteiger charge is 2.35. The third-order valence-corrected chi connectivity index (χ3v) is 5.76. The number of hydrogen-bond acceptors (Lipinski definition) is 3. The largest absolute Gasteiger partial charge is 0.312 e. The van der Waals surface area contributed by atoms with Crippen molar-refractivity contribution in [2.45, 2.75) is 58.0 Å². The van der Waals surface area contributed by atoms with E-state index in [0.29, 0.717) is 6.04 Å². The van der Waals surface area contributed by atoms with Crippen LogP contribution in [0.25, 0.3) is 0 Å². The van der Waals surface area contributed by atoms with E-state index in [1.807, 2.05) is 6.07 Å². The lowest BCUT2D eigenvalue weighted by Crippen LogP contribution is -2.59. The zero-order valence-electron chi connectivity index (χ0n) is 12.9. The molecule has 1 atom stereocenters. The van der Waals surface area contributed by atoms with E-state index >= 15 is 0 Å². The molecule has 1 N–H and O–H groups in total. The van der Waals surface area contributed by atoms with Gasteiger partial charge in [-0.3, -0.25) is 4.90 Å². The Morgan fingerprint density at radius 1 is 1.30 bits per heavy atom. The van der Waals surface area contributed by atoms with Crippen LogP contribution in [0.3, 0.4) is 0 Å². The van der Waals surface area contributed by atoms with Crippen LogP contribution in [-0.4, -0.2) is 36.1 Å². The normalized spacial score (nSPS) is 19.2. The lowest BCUT2D eigenvalue weighted by atomic mass is 9.87. The molecule has 2 heterocycles. The molecule has 1 aromatic rings. The van der Waals surface area contributed by atoms with Gasteiger partial charge in [-0.05, 0) is 64.9 Å². The number of halogens is 1. The van der Waals surface area contributed by atoms with Gasteiger partial charge in [0.25, 0.3) is 0 Å². The maximum Gasteiger partial charge on any atom is 0.0931 e. The summed E-state index contributed by atoms with van der Waals surface area (Å²) >= 11 is 7.78. The van der Waals surface area contributed by atoms with Gasteiger partial charge in [0.1, 0.15) is 0 Å². The Morgan fingerprint density at radius 2 is 2.00 bits per heavy atom. The van der Waals surface area contributed by atoms with E-state index in [4.69, 9.17) is 11.6 Å². The number of likely N-dealkylation sites (N-methyl/N-ethyl adjacent to an activating group) is 1. The fraction of sp³-hybridized carbons (Fsp3) is 0.750. The van der Waals surface area contributed by atoms with Gasteiger partial charge < -0.3 is 5.32 Å². The van der Waals surface area contributed by atoms with Gasteiger partial charge >= 0.3 is 0 Å². The minimum Gasteiger partial charge on any atom is -0.312 e. The minimum atomic E-state index is 0.187. The predicted octanol–water partition coefficient (Wildman–Crippen LogP) is 4.19. The Morgan fingerprint density at radius 3 is 2.55 bits per heavy atom. The zero-order chi connectivity index (χ0) is 14.6. The number of nitrogens with one attached hydrogen (secondary N) is 1. The molecule has 4 heteroatoms. The first kappa shape index (κ1) is 16.3. The predicted molar refractivity (Wildman–Crippen MR) is 90.0 cm³/mol. The van der Waals surface area contributed by atoms with Crippen LogP contribution in [0.15, 0.2) is 12.1 Å². The van der Waals surface area contributed by atoms with Crippen LogP contribution in [0.4, 0.5) is 0 Å². The van der Waals surface area contributed by atoms with E-state index in [1.165, 1.54) is 37.2 Å². The molecular formula is C16H27ClN2S. The number of rotatable bonds is 6. The first-order valence-electron chi connectivity index (χ1n) is 7.76. The molecule has 0 radical (unpaired) electrons. The number of thiophene rings is 1. The number of nitrogens with zero attached hydrogens (tertiary/aromatic N) is 1. The van der Waals surface area contributed by atoms with Gasteiger partial charge in [-0.2, -0.15) is 0 Å². The van der Waals surface area contributed by atoms with Gasteiger partial charge in [0.2, 0.25) is 0 Å². The van der Waals surface area contributed by atoms with Crippen molar-refractivity contribution >= 4 is 22.9 Å². The van der Waals surface area contributed by atoms with Gasteiger partial charge in [0.05, 0.1) is 4.34 Å². The summed E-state index contributed by atoms with van der Waals surface area (Å²) in [5.74, 6) is 0. The summed E-state index contributed by atoms with van der Waals surface area (Å²) in [6.07, 6.45) is 5.13. The summed E-state index contributed by atoms with van der Waals surface area (Å²) in [5.41, 5.74) is 0.187. The lowest BCUT2D eigenvalue weighted by Gasteiger charge is -2.46. The van der Waals surface area contributed by atoms with Crippen molar-refractivity contribution in [3.8, 4) is 0 Å². The van der Waals surface area contributed by atoms with Gasteiger partial charge in [-0.15, -0.1) is 11.3 Å². The molecule has 20 heavy (non-hydrogen) atoms. The van der Waals surface area contributed by atoms with Crippen molar-refractivity contribution in [1.29, 1.82) is 0 Å². The molecule has 0 aromatic carbocycles. The fourth-order valence-corrected chi connectivity index (χ4v) is 4.30. The van der Waals surface area contributed by atoms with Crippen LogP contribution in [0.5, 0.6) is 0 Å². The molecule has 1 aliphatic rings. The monoisotopic (exact) mass is 314 g/mol. The van der Waals surface area contributed by atoms with Crippen LogP contribution < -0.4 is 5.32 Å². The van der Waals surface area contributed by atoms with Gasteiger partial charge in [-0.1, -0.05) is 24.9 Å². The number of hydrogen-bond donors (Lipinski definition) is 1. The maximum atomic E-state index is 6.07. The molecule has 0 bridgehead atoms. The third kappa shape index (κ3) is 3.97. The molecule has 114 valence electrons. The second-order valence-electron chi connectivity index (χ2n) is 6.22. The standard InChI is InChI=1S/C16H27ClN2S/c1-4-18-14(12-13-8-9-15(17)20-13)16(2,3)19-10-6-5-7-11-19/h8-9,14,18H,4-7,10-12H2,1-3H3. The van der Waals surface area contributed by atoms with Crippen LogP contribution in [0.1, 0.15) is 44.9 Å². The van der Waals surface area contributed by atoms with Crippen molar-refractivity contribution < 1.29 is 0 Å². The average molecular weight is 315 g/mol. The summed E-state index contributed by atoms with van der Waals surface area (Å²) in [6.45, 7) is 10.5. The fourth-order valence-electron chi connectivity index (χ4n) is 3.17. The summed E-state index contributed by atoms with van der Waals surface area (Å²) in [7, 11) is 0. The van der Waals surface area contributed by atoms with Gasteiger partial charge in [0.15, 0.2) is 0 Å². The van der Waals surface area contributed by atoms with E-state index in [-0.39, 0.29) is 5.54 Å². The Labute approximate surface area is 132 Å². The van der Waals surface area contributed by atoms with Crippen LogP contribution in [0, 0.1) is 0 Å². The highest BCUT2D eigenvalue weighted by atomic mass is 35.5. The minimum absolute atomic E-state index is 0.187. The van der Waals surface area contributed by atoms with Crippen molar-refractivity contribution in [3.05, 3.63) is 21.3 Å². The van der Waals surface area contributed by atoms with E-state index < -0.39 is 0 Å². The van der Waals surface area contributed by atoms with Crippen molar-refractivity contribution in [1.82, 2.24) is 10.2 Å². The van der Waals surface area contributed by atoms with Gasteiger partial charge in [-0.25, -0.2) is 0 Å². The summed E-state index contributed by atoms with van der Waals surface area (Å²) in [4.78, 5) is 4.05. The summed E-state index contributed by atoms with van der Waals surface area (Å²) < 4.78 is 0.894. The third-order valence-electron chi connectivity index (χ3n) is 4.51. The topological polar surface area (TPSA) is 15.3 Å². The van der Waals surface area contributed by atoms with Crippen LogP contribution in [0.2, 0.25) is 4.34 Å². The highest BCUT2D eigenvalue weighted by Crippen LogP contribution is 2.29. The quantitative estimate of drug-likeness (QED) is 0.847. The average Bonchev–Trinajstić information content (AvgIpc) is 2.85. The lowest BCUT2D eigenvalue weighted by molar-refractivity contribution is 0.0618. The Kier molecular flexibility index (Phi) is 5.91. The molecular weight excluding hydrogens is 288 g/mol. The molecule has 1 fully saturated rings. The van der Waals surface area contributed by atoms with Gasteiger partial charge in [0, 0.05) is 16.5 Å². The molecule has 2 nitrogen and oxygen atoms in total. The Balaban J connectivity index is 2.08. The Bertz CT molecular complexity index is 410. The molecule has 2 rings (SSSR count). The molecule has 1 aromatic heterocycles. The molecule has 0 amide bonds. The SMILES string of the molecule is CCNC(Cc1ccc(Cl)s1)C(C)(C)N1CCCCC1. The van der Waals surface area contributed by atoms with Crippen molar-refractivity contribution in [2.75, 3.05) is 19.6 Å². The second kappa shape index (κ2) is 7.26. The van der Waals surface area contributed by atoms with E-state index in [1.54, 1.807) is 11.3 Å². The molecule has 1 saturated heterocycles.